The molecule has 1 N–H and O–H groups in total. The van der Waals surface area contributed by atoms with Gasteiger partial charge in [-0.25, -0.2) is 9.78 Å². The average Bonchev–Trinajstić information content (AvgIpc) is 3.65. The Kier molecular flexibility index (Phi) is 5.84. The van der Waals surface area contributed by atoms with Crippen molar-refractivity contribution in [3.8, 4) is 6.07 Å². The average molecular weight is 462 g/mol. The van der Waals surface area contributed by atoms with Gasteiger partial charge in [0.05, 0.1) is 23.8 Å². The third-order valence-corrected chi connectivity index (χ3v) is 6.79. The number of aromatic nitrogens is 1. The van der Waals surface area contributed by atoms with Crippen LogP contribution in [0.2, 0.25) is 0 Å². The number of cyclic esters (lactones) is 1. The maximum absolute atomic E-state index is 13.2. The number of anilines is 2. The lowest BCUT2D eigenvalue weighted by Crippen LogP contribution is -2.49. The number of piperazine rings is 1. The van der Waals surface area contributed by atoms with Crippen LogP contribution in [0.3, 0.4) is 0 Å². The highest BCUT2D eigenvalue weighted by molar-refractivity contribution is 5.98. The fraction of sp³-hybridized carbons (Fsp3) is 0.440. The fourth-order valence-corrected chi connectivity index (χ4v) is 4.72. The lowest BCUT2D eigenvalue weighted by atomic mass is 10.0. The van der Waals surface area contributed by atoms with Crippen LogP contribution in [0.4, 0.5) is 16.3 Å². The topological polar surface area (TPSA) is 110 Å². The number of hydrogen-bond acceptors (Lipinski definition) is 7. The summed E-state index contributed by atoms with van der Waals surface area (Å²) in [5, 5.41) is 19.2. The Morgan fingerprint density at radius 3 is 2.65 bits per heavy atom. The molecule has 1 aromatic carbocycles. The summed E-state index contributed by atoms with van der Waals surface area (Å²) in [5.74, 6) is 1.43. The van der Waals surface area contributed by atoms with Crippen LogP contribution in [-0.4, -0.2) is 72.4 Å². The van der Waals surface area contributed by atoms with Gasteiger partial charge in [0, 0.05) is 38.1 Å². The Morgan fingerprint density at radius 2 is 2.00 bits per heavy atom. The van der Waals surface area contributed by atoms with E-state index in [2.05, 4.69) is 24.0 Å². The second-order valence-corrected chi connectivity index (χ2v) is 9.09. The van der Waals surface area contributed by atoms with Crippen molar-refractivity contribution < 1.29 is 19.4 Å². The summed E-state index contributed by atoms with van der Waals surface area (Å²) in [4.78, 5) is 35.3. The van der Waals surface area contributed by atoms with E-state index in [0.717, 1.165) is 11.4 Å². The molecule has 2 aliphatic heterocycles. The van der Waals surface area contributed by atoms with E-state index < -0.39 is 12.1 Å². The van der Waals surface area contributed by atoms with Gasteiger partial charge >= 0.3 is 6.09 Å². The Bertz CT molecular complexity index is 1160. The Morgan fingerprint density at radius 1 is 1.24 bits per heavy atom. The first-order valence-electron chi connectivity index (χ1n) is 11.6. The van der Waals surface area contributed by atoms with Crippen LogP contribution in [0.15, 0.2) is 30.5 Å². The van der Waals surface area contributed by atoms with E-state index in [1.807, 2.05) is 6.20 Å². The summed E-state index contributed by atoms with van der Waals surface area (Å²) < 4.78 is 5.00. The minimum absolute atomic E-state index is 0.0832. The molecule has 3 fully saturated rings. The van der Waals surface area contributed by atoms with Crippen LogP contribution >= 0.6 is 0 Å². The van der Waals surface area contributed by atoms with Crippen molar-refractivity contribution in [1.29, 1.82) is 5.26 Å². The van der Waals surface area contributed by atoms with Crippen molar-refractivity contribution in [1.82, 2.24) is 9.88 Å². The Hall–Kier alpha value is -3.64. The van der Waals surface area contributed by atoms with Gasteiger partial charge in [-0.2, -0.15) is 5.26 Å². The van der Waals surface area contributed by atoms with Crippen molar-refractivity contribution in [2.45, 2.75) is 31.7 Å². The molecular weight excluding hydrogens is 434 g/mol. The Balaban J connectivity index is 1.28. The number of aliphatic hydroxyl groups excluding tert-OH is 1. The van der Waals surface area contributed by atoms with Gasteiger partial charge in [0.25, 0.3) is 5.91 Å². The van der Waals surface area contributed by atoms with Gasteiger partial charge in [-0.1, -0.05) is 6.07 Å². The Labute approximate surface area is 198 Å². The van der Waals surface area contributed by atoms with Crippen LogP contribution < -0.4 is 9.80 Å². The zero-order valence-corrected chi connectivity index (χ0v) is 19.1. The second kappa shape index (κ2) is 8.95. The number of carbonyl (C=O) groups excluding carboxylic acids is 2. The molecule has 0 spiro atoms. The van der Waals surface area contributed by atoms with E-state index >= 15 is 0 Å². The summed E-state index contributed by atoms with van der Waals surface area (Å²) in [5.41, 5.74) is 3.39. The zero-order chi connectivity index (χ0) is 23.8. The largest absolute Gasteiger partial charge is 0.447 e. The van der Waals surface area contributed by atoms with Gasteiger partial charge in [0.15, 0.2) is 0 Å². The summed E-state index contributed by atoms with van der Waals surface area (Å²) >= 11 is 0. The highest BCUT2D eigenvalue weighted by atomic mass is 16.6. The smallest absolute Gasteiger partial charge is 0.414 e. The van der Waals surface area contributed by atoms with Crippen molar-refractivity contribution in [2.75, 3.05) is 49.2 Å². The molecule has 2 aromatic rings. The first-order chi connectivity index (χ1) is 16.5. The zero-order valence-electron chi connectivity index (χ0n) is 19.1. The number of nitriles is 1. The molecule has 1 atom stereocenters. The molecule has 176 valence electrons. The van der Waals surface area contributed by atoms with Crippen molar-refractivity contribution in [3.63, 3.8) is 0 Å². The number of carbonyl (C=O) groups is 2. The van der Waals surface area contributed by atoms with Crippen molar-refractivity contribution in [2.24, 2.45) is 0 Å². The van der Waals surface area contributed by atoms with E-state index in [9.17, 15) is 20.0 Å². The van der Waals surface area contributed by atoms with E-state index in [1.165, 1.54) is 29.4 Å². The molecule has 3 aliphatic rings. The molecule has 0 bridgehead atoms. The van der Waals surface area contributed by atoms with Gasteiger partial charge in [0.1, 0.15) is 18.5 Å². The highest BCUT2D eigenvalue weighted by Gasteiger charge is 2.34. The van der Waals surface area contributed by atoms with E-state index in [4.69, 9.17) is 9.72 Å². The van der Waals surface area contributed by atoms with Gasteiger partial charge in [-0.05, 0) is 55.0 Å². The van der Waals surface area contributed by atoms with E-state index in [1.54, 1.807) is 17.0 Å². The first kappa shape index (κ1) is 22.2. The number of hydrogen-bond donors (Lipinski definition) is 1. The number of rotatable bonds is 5. The van der Waals surface area contributed by atoms with Crippen LogP contribution in [0, 0.1) is 18.3 Å². The molecule has 1 aromatic heterocycles. The fourth-order valence-electron chi connectivity index (χ4n) is 4.72. The predicted molar refractivity (Wildman–Crippen MR) is 125 cm³/mol. The minimum Gasteiger partial charge on any atom is -0.447 e. The molecule has 1 aliphatic carbocycles. The number of benzene rings is 1. The third kappa shape index (κ3) is 4.05. The number of nitrogens with zero attached hydrogens (tertiary/aromatic N) is 5. The number of pyridine rings is 1. The van der Waals surface area contributed by atoms with Crippen molar-refractivity contribution >= 4 is 23.5 Å². The van der Waals surface area contributed by atoms with Gasteiger partial charge in [-0.3, -0.25) is 9.69 Å². The maximum Gasteiger partial charge on any atom is 0.414 e. The molecule has 5 rings (SSSR count). The minimum atomic E-state index is -0.577. The molecule has 9 nitrogen and oxygen atoms in total. The van der Waals surface area contributed by atoms with E-state index in [0.29, 0.717) is 43.3 Å². The standard InChI is InChI=1S/C25H27N5O4/c1-16-10-19(17-2-3-17)13-27-23(16)28-6-8-29(9-7-28)24(32)22-5-4-20(11-18(22)12-26)30-21(14-31)15-34-25(30)33/h4-5,10-11,13,17,21,31H,2-3,6-9,14-15H2,1H3. The lowest BCUT2D eigenvalue weighted by Gasteiger charge is -2.36. The second-order valence-electron chi connectivity index (χ2n) is 9.09. The molecule has 3 heterocycles. The normalized spacial score (nSPS) is 20.3. The van der Waals surface area contributed by atoms with Crippen molar-refractivity contribution in [3.05, 3.63) is 52.7 Å². The molecular formula is C25H27N5O4. The molecule has 0 radical (unpaired) electrons. The molecule has 2 amide bonds. The number of aryl methyl sites for hydroxylation is 1. The highest BCUT2D eigenvalue weighted by Crippen LogP contribution is 2.40. The molecule has 34 heavy (non-hydrogen) atoms. The molecule has 2 saturated heterocycles. The summed E-state index contributed by atoms with van der Waals surface area (Å²) in [6.07, 6.45) is 3.90. The lowest BCUT2D eigenvalue weighted by molar-refractivity contribution is 0.0746. The number of aliphatic hydroxyl groups is 1. The summed E-state index contributed by atoms with van der Waals surface area (Å²) in [6, 6.07) is 8.50. The third-order valence-electron chi connectivity index (χ3n) is 6.79. The quantitative estimate of drug-likeness (QED) is 0.728. The van der Waals surface area contributed by atoms with Gasteiger partial charge in [-0.15, -0.1) is 0 Å². The molecule has 1 unspecified atom stereocenters. The van der Waals surface area contributed by atoms with Crippen LogP contribution in [0.25, 0.3) is 0 Å². The maximum atomic E-state index is 13.2. The number of ether oxygens (including phenoxy) is 1. The SMILES string of the molecule is Cc1cc(C2CC2)cnc1N1CCN(C(=O)c2ccc(N3C(=O)OCC3CO)cc2C#N)CC1. The van der Waals surface area contributed by atoms with Crippen LogP contribution in [0.5, 0.6) is 0 Å². The van der Waals surface area contributed by atoms with Crippen LogP contribution in [-0.2, 0) is 4.74 Å². The predicted octanol–water partition coefficient (Wildman–Crippen LogP) is 2.42. The first-order valence-corrected chi connectivity index (χ1v) is 11.6. The van der Waals surface area contributed by atoms with Crippen LogP contribution in [0.1, 0.15) is 45.8 Å². The molecule has 1 saturated carbocycles. The van der Waals surface area contributed by atoms with E-state index in [-0.39, 0.29) is 24.7 Å². The van der Waals surface area contributed by atoms with Gasteiger partial charge < -0.3 is 19.6 Å². The number of amides is 2. The monoisotopic (exact) mass is 461 g/mol. The summed E-state index contributed by atoms with van der Waals surface area (Å²) in [6.45, 7) is 4.31. The summed E-state index contributed by atoms with van der Waals surface area (Å²) in [7, 11) is 0. The van der Waals surface area contributed by atoms with Gasteiger partial charge in [0.2, 0.25) is 0 Å². The molecule has 9 heteroatoms.